The summed E-state index contributed by atoms with van der Waals surface area (Å²) in [6.07, 6.45) is 11.9. The summed E-state index contributed by atoms with van der Waals surface area (Å²) in [5.74, 6) is 1.85. The van der Waals surface area contributed by atoms with Crippen molar-refractivity contribution in [2.45, 2.75) is 50.4 Å². The molecule has 1 aliphatic heterocycles. The molecule has 1 atom stereocenters. The molecule has 142 valence electrons. The maximum atomic E-state index is 12.6. The van der Waals surface area contributed by atoms with Gasteiger partial charge in [-0.1, -0.05) is 11.8 Å². The second-order valence-corrected chi connectivity index (χ2v) is 7.76. The Kier molecular flexibility index (Phi) is 6.60. The smallest absolute Gasteiger partial charge is 0.317 e. The highest BCUT2D eigenvalue weighted by atomic mass is 32.2. The standard InChI is InChI=1S/C18H28N6OS/c1-15-19-8-13-23(15)11-6-16-5-3-4-10-24(16)17(25)20-9-14-26-18-21-7-12-22(18)2/h7-8,12-13,16H,3-6,9-11,14H2,1-2H3,(H,20,25)/t16-/m1/s1. The van der Waals surface area contributed by atoms with E-state index in [0.29, 0.717) is 12.6 Å². The van der Waals surface area contributed by atoms with Gasteiger partial charge in [0.25, 0.3) is 0 Å². The van der Waals surface area contributed by atoms with Gasteiger partial charge in [-0.3, -0.25) is 0 Å². The average Bonchev–Trinajstić information content (AvgIpc) is 3.25. The Morgan fingerprint density at radius 2 is 2.15 bits per heavy atom. The summed E-state index contributed by atoms with van der Waals surface area (Å²) in [5.41, 5.74) is 0. The molecule has 2 amide bonds. The first kappa shape index (κ1) is 18.8. The van der Waals surface area contributed by atoms with Crippen LogP contribution < -0.4 is 5.32 Å². The van der Waals surface area contributed by atoms with Gasteiger partial charge in [0.15, 0.2) is 5.16 Å². The van der Waals surface area contributed by atoms with Crippen LogP contribution in [0, 0.1) is 6.92 Å². The summed E-state index contributed by atoms with van der Waals surface area (Å²) >= 11 is 1.66. The van der Waals surface area contributed by atoms with Gasteiger partial charge in [0.05, 0.1) is 0 Å². The van der Waals surface area contributed by atoms with Crippen molar-refractivity contribution >= 4 is 17.8 Å². The van der Waals surface area contributed by atoms with E-state index in [2.05, 4.69) is 19.9 Å². The van der Waals surface area contributed by atoms with Crippen molar-refractivity contribution in [1.29, 1.82) is 0 Å². The van der Waals surface area contributed by atoms with Gasteiger partial charge in [0.2, 0.25) is 0 Å². The molecule has 1 N–H and O–H groups in total. The number of hydrogen-bond donors (Lipinski definition) is 1. The van der Waals surface area contributed by atoms with E-state index in [9.17, 15) is 4.79 Å². The fourth-order valence-electron chi connectivity index (χ4n) is 3.39. The van der Waals surface area contributed by atoms with Gasteiger partial charge in [0.1, 0.15) is 5.82 Å². The zero-order chi connectivity index (χ0) is 18.4. The molecule has 0 aromatic carbocycles. The molecule has 0 unspecified atom stereocenters. The number of aryl methyl sites for hydroxylation is 3. The van der Waals surface area contributed by atoms with Crippen LogP contribution in [0.4, 0.5) is 4.79 Å². The molecule has 0 spiro atoms. The molecule has 26 heavy (non-hydrogen) atoms. The number of carbonyl (C=O) groups is 1. The maximum absolute atomic E-state index is 12.6. The van der Waals surface area contributed by atoms with Crippen molar-refractivity contribution in [1.82, 2.24) is 29.3 Å². The van der Waals surface area contributed by atoms with Crippen molar-refractivity contribution in [3.63, 3.8) is 0 Å². The number of carbonyl (C=O) groups excluding carboxylic acids is 1. The Morgan fingerprint density at radius 3 is 2.88 bits per heavy atom. The number of imidazole rings is 2. The van der Waals surface area contributed by atoms with E-state index in [4.69, 9.17) is 0 Å². The predicted octanol–water partition coefficient (Wildman–Crippen LogP) is 2.67. The van der Waals surface area contributed by atoms with E-state index in [-0.39, 0.29) is 6.03 Å². The van der Waals surface area contributed by atoms with Crippen LogP contribution in [0.3, 0.4) is 0 Å². The zero-order valence-electron chi connectivity index (χ0n) is 15.6. The number of thioether (sulfide) groups is 1. The van der Waals surface area contributed by atoms with E-state index < -0.39 is 0 Å². The third-order valence-electron chi connectivity index (χ3n) is 4.90. The van der Waals surface area contributed by atoms with Crippen LogP contribution in [0.1, 0.15) is 31.5 Å². The molecule has 0 aliphatic carbocycles. The highest BCUT2D eigenvalue weighted by molar-refractivity contribution is 7.99. The van der Waals surface area contributed by atoms with Gasteiger partial charge in [-0.25, -0.2) is 14.8 Å². The monoisotopic (exact) mass is 376 g/mol. The van der Waals surface area contributed by atoms with E-state index in [0.717, 1.165) is 49.1 Å². The van der Waals surface area contributed by atoms with E-state index in [1.807, 2.05) is 42.0 Å². The Bertz CT molecular complexity index is 712. The Hall–Kier alpha value is -1.96. The number of urea groups is 1. The number of piperidine rings is 1. The highest BCUT2D eigenvalue weighted by Gasteiger charge is 2.26. The summed E-state index contributed by atoms with van der Waals surface area (Å²) in [4.78, 5) is 23.2. The molecule has 3 rings (SSSR count). The fourth-order valence-corrected chi connectivity index (χ4v) is 4.18. The first-order valence-electron chi connectivity index (χ1n) is 9.27. The van der Waals surface area contributed by atoms with Gasteiger partial charge >= 0.3 is 6.03 Å². The van der Waals surface area contributed by atoms with E-state index >= 15 is 0 Å². The van der Waals surface area contributed by atoms with Gasteiger partial charge in [-0.15, -0.1) is 0 Å². The minimum Gasteiger partial charge on any atom is -0.337 e. The third-order valence-corrected chi connectivity index (χ3v) is 5.96. The first-order valence-corrected chi connectivity index (χ1v) is 10.3. The Morgan fingerprint density at radius 1 is 1.31 bits per heavy atom. The fraction of sp³-hybridized carbons (Fsp3) is 0.611. The van der Waals surface area contributed by atoms with Crippen LogP contribution in [0.5, 0.6) is 0 Å². The number of nitrogens with one attached hydrogen (secondary N) is 1. The van der Waals surface area contributed by atoms with Gasteiger partial charge in [0, 0.05) is 63.3 Å². The highest BCUT2D eigenvalue weighted by Crippen LogP contribution is 2.21. The normalized spacial score (nSPS) is 17.5. The largest absolute Gasteiger partial charge is 0.337 e. The molecule has 0 bridgehead atoms. The number of hydrogen-bond acceptors (Lipinski definition) is 4. The average molecular weight is 377 g/mol. The molecule has 2 aromatic heterocycles. The number of aromatic nitrogens is 4. The number of rotatable bonds is 7. The molecule has 1 fully saturated rings. The molecule has 0 radical (unpaired) electrons. The molecule has 3 heterocycles. The predicted molar refractivity (Wildman–Crippen MR) is 103 cm³/mol. The van der Waals surface area contributed by atoms with Gasteiger partial charge in [-0.2, -0.15) is 0 Å². The quantitative estimate of drug-likeness (QED) is 0.596. The van der Waals surface area contributed by atoms with Crippen LogP contribution in [-0.4, -0.2) is 54.9 Å². The van der Waals surface area contributed by atoms with Crippen LogP contribution in [0.25, 0.3) is 0 Å². The Balaban J connectivity index is 1.44. The summed E-state index contributed by atoms with van der Waals surface area (Å²) in [6.45, 7) is 4.44. The van der Waals surface area contributed by atoms with E-state index in [1.165, 1.54) is 6.42 Å². The van der Waals surface area contributed by atoms with Crippen molar-refractivity contribution < 1.29 is 4.79 Å². The number of amides is 2. The topological polar surface area (TPSA) is 68.0 Å². The summed E-state index contributed by atoms with van der Waals surface area (Å²) in [6, 6.07) is 0.380. The zero-order valence-corrected chi connectivity index (χ0v) is 16.4. The maximum Gasteiger partial charge on any atom is 0.317 e. The summed E-state index contributed by atoms with van der Waals surface area (Å²) < 4.78 is 4.15. The molecule has 1 saturated heterocycles. The molecule has 8 heteroatoms. The minimum atomic E-state index is 0.0671. The van der Waals surface area contributed by atoms with Gasteiger partial charge < -0.3 is 19.4 Å². The molecular weight excluding hydrogens is 348 g/mol. The third kappa shape index (κ3) is 4.81. The minimum absolute atomic E-state index is 0.0671. The lowest BCUT2D eigenvalue weighted by molar-refractivity contribution is 0.144. The lowest BCUT2D eigenvalue weighted by Gasteiger charge is -2.36. The SMILES string of the molecule is Cc1nccn1CC[C@H]1CCCCN1C(=O)NCCSc1nccn1C. The molecule has 0 saturated carbocycles. The molecule has 2 aromatic rings. The van der Waals surface area contributed by atoms with Crippen molar-refractivity contribution in [3.8, 4) is 0 Å². The first-order chi connectivity index (χ1) is 12.6. The second-order valence-electron chi connectivity index (χ2n) is 6.70. The summed E-state index contributed by atoms with van der Waals surface area (Å²) in [5, 5.41) is 4.06. The van der Waals surface area contributed by atoms with Crippen molar-refractivity contribution in [2.75, 3.05) is 18.8 Å². The van der Waals surface area contributed by atoms with Gasteiger partial charge in [-0.05, 0) is 32.6 Å². The Labute approximate surface area is 159 Å². The van der Waals surface area contributed by atoms with Crippen molar-refractivity contribution in [3.05, 3.63) is 30.6 Å². The van der Waals surface area contributed by atoms with Crippen molar-refractivity contribution in [2.24, 2.45) is 7.05 Å². The number of nitrogens with zero attached hydrogens (tertiary/aromatic N) is 5. The van der Waals surface area contributed by atoms with Crippen LogP contribution in [0.15, 0.2) is 29.9 Å². The van der Waals surface area contributed by atoms with E-state index in [1.54, 1.807) is 18.0 Å². The molecule has 1 aliphatic rings. The summed E-state index contributed by atoms with van der Waals surface area (Å²) in [7, 11) is 1.98. The second kappa shape index (κ2) is 9.12. The lowest BCUT2D eigenvalue weighted by Crippen LogP contribution is -2.49. The molecular formula is C18H28N6OS. The van der Waals surface area contributed by atoms with Crippen LogP contribution in [0.2, 0.25) is 0 Å². The number of likely N-dealkylation sites (tertiary alicyclic amines) is 1. The van der Waals surface area contributed by atoms with Crippen LogP contribution >= 0.6 is 11.8 Å². The molecule has 7 nitrogen and oxygen atoms in total. The lowest BCUT2D eigenvalue weighted by atomic mass is 9.99. The van der Waals surface area contributed by atoms with Crippen LogP contribution in [-0.2, 0) is 13.6 Å².